The second-order valence-corrected chi connectivity index (χ2v) is 9.59. The zero-order valence-electron chi connectivity index (χ0n) is 20.4. The third kappa shape index (κ3) is 5.00. The van der Waals surface area contributed by atoms with Crippen LogP contribution < -0.4 is 5.32 Å². The molecule has 1 saturated carbocycles. The zero-order valence-corrected chi connectivity index (χ0v) is 20.4. The average Bonchev–Trinajstić information content (AvgIpc) is 3.16. The third-order valence-electron chi connectivity index (χ3n) is 6.93. The van der Waals surface area contributed by atoms with Crippen LogP contribution in [-0.4, -0.2) is 36.6 Å². The molecule has 3 heterocycles. The van der Waals surface area contributed by atoms with Crippen molar-refractivity contribution in [3.63, 3.8) is 0 Å². The molecule has 10 heteroatoms. The van der Waals surface area contributed by atoms with E-state index in [1.807, 2.05) is 42.7 Å². The number of nitrogens with one attached hydrogen (secondary N) is 1. The van der Waals surface area contributed by atoms with E-state index in [0.717, 1.165) is 42.1 Å². The number of pyridine rings is 1. The van der Waals surface area contributed by atoms with Crippen LogP contribution >= 0.6 is 0 Å². The molecular weight excluding hydrogens is 483 g/mol. The van der Waals surface area contributed by atoms with Gasteiger partial charge in [-0.3, -0.25) is 4.98 Å². The van der Waals surface area contributed by atoms with E-state index in [1.165, 1.54) is 12.3 Å². The summed E-state index contributed by atoms with van der Waals surface area (Å²) in [7, 11) is 0. The third-order valence-corrected chi connectivity index (χ3v) is 6.93. The van der Waals surface area contributed by atoms with Crippen molar-refractivity contribution in [3.05, 3.63) is 71.3 Å². The molecule has 0 saturated heterocycles. The zero-order chi connectivity index (χ0) is 26.3. The number of aromatic nitrogens is 4. The highest BCUT2D eigenvalue weighted by atomic mass is 19.4. The first-order chi connectivity index (χ1) is 17.6. The minimum absolute atomic E-state index is 0.0620. The van der Waals surface area contributed by atoms with E-state index in [2.05, 4.69) is 20.3 Å². The second-order valence-electron chi connectivity index (χ2n) is 9.59. The molecule has 1 aromatic carbocycles. The monoisotopic (exact) mass is 509 g/mol. The van der Waals surface area contributed by atoms with Crippen LogP contribution in [0.3, 0.4) is 0 Å². The van der Waals surface area contributed by atoms with Crippen molar-refractivity contribution in [1.29, 1.82) is 0 Å². The first-order valence-corrected chi connectivity index (χ1v) is 12.1. The lowest BCUT2D eigenvalue weighted by Crippen LogP contribution is -2.31. The Kier molecular flexibility index (Phi) is 6.35. The highest BCUT2D eigenvalue weighted by Crippen LogP contribution is 2.35. The summed E-state index contributed by atoms with van der Waals surface area (Å²) >= 11 is 0. The first-order valence-electron chi connectivity index (χ1n) is 12.1. The molecule has 1 aliphatic carbocycles. The number of rotatable bonds is 7. The first kappa shape index (κ1) is 24.7. The van der Waals surface area contributed by atoms with Crippen LogP contribution in [0.5, 0.6) is 0 Å². The van der Waals surface area contributed by atoms with Gasteiger partial charge in [0.1, 0.15) is 11.2 Å². The normalized spacial score (nSPS) is 14.9. The molecule has 2 N–H and O–H groups in total. The molecule has 0 spiro atoms. The summed E-state index contributed by atoms with van der Waals surface area (Å²) < 4.78 is 41.1. The summed E-state index contributed by atoms with van der Waals surface area (Å²) in [6.45, 7) is 4.21. The Morgan fingerprint density at radius 2 is 1.97 bits per heavy atom. The SMILES string of the molecule is Cc1cccc(-c2cc3nc(C(=O)O)nc(NC(C)C4CCC4)c3n2Cc2ccc(C(F)(F)F)nc2)c1. The van der Waals surface area contributed by atoms with E-state index < -0.39 is 17.8 Å². The number of hydrogen-bond donors (Lipinski definition) is 2. The number of aryl methyl sites for hydroxylation is 1. The Bertz CT molecular complexity index is 1460. The molecule has 0 aliphatic heterocycles. The van der Waals surface area contributed by atoms with E-state index in [1.54, 1.807) is 6.07 Å². The molecule has 37 heavy (non-hydrogen) atoms. The number of benzene rings is 1. The molecule has 5 rings (SSSR count). The van der Waals surface area contributed by atoms with Gasteiger partial charge in [0, 0.05) is 18.8 Å². The largest absolute Gasteiger partial charge is 0.475 e. The summed E-state index contributed by atoms with van der Waals surface area (Å²) in [6, 6.07) is 12.0. The molecule has 0 amide bonds. The molecule has 0 bridgehead atoms. The van der Waals surface area contributed by atoms with Crippen molar-refractivity contribution >= 4 is 22.8 Å². The Labute approximate surface area is 211 Å². The quantitative estimate of drug-likeness (QED) is 0.310. The lowest BCUT2D eigenvalue weighted by atomic mass is 9.80. The van der Waals surface area contributed by atoms with Gasteiger partial charge in [-0.2, -0.15) is 13.2 Å². The molecule has 192 valence electrons. The Morgan fingerprint density at radius 1 is 1.19 bits per heavy atom. The number of fused-ring (bicyclic) bond motifs is 1. The molecular formula is C27H26F3N5O2. The fraction of sp³-hybridized carbons (Fsp3) is 0.333. The number of carboxylic acids is 1. The molecule has 1 fully saturated rings. The minimum Gasteiger partial charge on any atom is -0.475 e. The molecule has 1 atom stereocenters. The van der Waals surface area contributed by atoms with Crippen LogP contribution in [0, 0.1) is 12.8 Å². The van der Waals surface area contributed by atoms with E-state index in [4.69, 9.17) is 0 Å². The smallest absolute Gasteiger partial charge is 0.433 e. The van der Waals surface area contributed by atoms with Gasteiger partial charge in [-0.05, 0) is 61.9 Å². The number of hydrogen-bond acceptors (Lipinski definition) is 5. The fourth-order valence-electron chi connectivity index (χ4n) is 4.71. The summed E-state index contributed by atoms with van der Waals surface area (Å²) in [5.74, 6) is -0.712. The number of carbonyl (C=O) groups is 1. The highest BCUT2D eigenvalue weighted by molar-refractivity contribution is 5.95. The second kappa shape index (κ2) is 9.49. The highest BCUT2D eigenvalue weighted by Gasteiger charge is 2.32. The van der Waals surface area contributed by atoms with Crippen molar-refractivity contribution in [3.8, 4) is 11.3 Å². The average molecular weight is 510 g/mol. The molecule has 4 aromatic rings. The van der Waals surface area contributed by atoms with Crippen LogP contribution in [0.1, 0.15) is 53.6 Å². The van der Waals surface area contributed by atoms with Crippen molar-refractivity contribution < 1.29 is 23.1 Å². The van der Waals surface area contributed by atoms with Crippen LogP contribution in [0.15, 0.2) is 48.7 Å². The van der Waals surface area contributed by atoms with Gasteiger partial charge in [0.05, 0.1) is 11.2 Å². The number of aromatic carboxylic acids is 1. The summed E-state index contributed by atoms with van der Waals surface area (Å²) in [6.07, 6.45) is 0.0133. The predicted octanol–water partition coefficient (Wildman–Crippen LogP) is 6.17. The summed E-state index contributed by atoms with van der Waals surface area (Å²) in [5, 5.41) is 13.1. The van der Waals surface area contributed by atoms with E-state index in [9.17, 15) is 23.1 Å². The lowest BCUT2D eigenvalue weighted by Gasteiger charge is -2.32. The molecule has 1 aliphatic rings. The standard InChI is InChI=1S/C27H26F3N5O2/c1-15-5-3-8-19(11-15)21-12-20-23(35(21)14-17-9-10-22(31-13-17)27(28,29)30)24(34-25(33-20)26(36)37)32-16(2)18-6-4-7-18/h3,5,8-13,16,18H,4,6-7,14H2,1-2H3,(H,36,37)(H,32,33,34). The van der Waals surface area contributed by atoms with E-state index in [0.29, 0.717) is 28.3 Å². The Morgan fingerprint density at radius 3 is 2.57 bits per heavy atom. The van der Waals surface area contributed by atoms with Crippen molar-refractivity contribution in [2.45, 2.75) is 51.9 Å². The Hall–Kier alpha value is -3.95. The fourth-order valence-corrected chi connectivity index (χ4v) is 4.71. The maximum atomic E-state index is 13.1. The van der Waals surface area contributed by atoms with Gasteiger partial charge in [0.2, 0.25) is 5.82 Å². The molecule has 7 nitrogen and oxygen atoms in total. The number of anilines is 1. The van der Waals surface area contributed by atoms with Crippen LogP contribution in [-0.2, 0) is 12.7 Å². The molecule has 1 unspecified atom stereocenters. The Balaban J connectivity index is 1.68. The van der Waals surface area contributed by atoms with Gasteiger partial charge < -0.3 is 15.0 Å². The summed E-state index contributed by atoms with van der Waals surface area (Å²) in [5.41, 5.74) is 3.26. The molecule has 3 aromatic heterocycles. The maximum absolute atomic E-state index is 13.1. The topological polar surface area (TPSA) is 92.9 Å². The lowest BCUT2D eigenvalue weighted by molar-refractivity contribution is -0.141. The number of nitrogens with zero attached hydrogens (tertiary/aromatic N) is 4. The number of alkyl halides is 3. The van der Waals surface area contributed by atoms with Gasteiger partial charge in [0.25, 0.3) is 0 Å². The van der Waals surface area contributed by atoms with Gasteiger partial charge in [-0.15, -0.1) is 0 Å². The van der Waals surface area contributed by atoms with Gasteiger partial charge in [-0.25, -0.2) is 14.8 Å². The van der Waals surface area contributed by atoms with Crippen LogP contribution in [0.25, 0.3) is 22.3 Å². The number of halogens is 3. The van der Waals surface area contributed by atoms with Crippen LogP contribution in [0.4, 0.5) is 19.0 Å². The minimum atomic E-state index is -4.53. The summed E-state index contributed by atoms with van der Waals surface area (Å²) in [4.78, 5) is 24.1. The van der Waals surface area contributed by atoms with Gasteiger partial charge >= 0.3 is 12.1 Å². The van der Waals surface area contributed by atoms with Gasteiger partial charge in [0.15, 0.2) is 5.82 Å². The van der Waals surface area contributed by atoms with Crippen molar-refractivity contribution in [2.24, 2.45) is 5.92 Å². The maximum Gasteiger partial charge on any atom is 0.433 e. The van der Waals surface area contributed by atoms with Crippen LogP contribution in [0.2, 0.25) is 0 Å². The van der Waals surface area contributed by atoms with E-state index >= 15 is 0 Å². The molecule has 0 radical (unpaired) electrons. The number of carboxylic acid groups (broad SMARTS) is 1. The van der Waals surface area contributed by atoms with Crippen molar-refractivity contribution in [1.82, 2.24) is 19.5 Å². The van der Waals surface area contributed by atoms with Gasteiger partial charge in [-0.1, -0.05) is 36.2 Å². The predicted molar refractivity (Wildman–Crippen MR) is 133 cm³/mol. The van der Waals surface area contributed by atoms with Crippen molar-refractivity contribution in [2.75, 3.05) is 5.32 Å². The van der Waals surface area contributed by atoms with E-state index in [-0.39, 0.29) is 18.4 Å².